The Morgan fingerprint density at radius 3 is 2.66 bits per heavy atom. The molecule has 0 bridgehead atoms. The number of imidazole rings is 1. The number of nitrogens with zero attached hydrogens (tertiary/aromatic N) is 2. The zero-order valence-electron chi connectivity index (χ0n) is 17.2. The van der Waals surface area contributed by atoms with E-state index in [4.69, 9.17) is 0 Å². The van der Waals surface area contributed by atoms with E-state index in [1.807, 2.05) is 50.4 Å². The van der Waals surface area contributed by atoms with Crippen molar-refractivity contribution < 1.29 is 9.59 Å². The number of benzene rings is 1. The summed E-state index contributed by atoms with van der Waals surface area (Å²) in [5.41, 5.74) is 3.36. The van der Waals surface area contributed by atoms with Crippen LogP contribution in [0.5, 0.6) is 0 Å². The largest absolute Gasteiger partial charge is 0.350 e. The van der Waals surface area contributed by atoms with Crippen LogP contribution in [0.1, 0.15) is 52.5 Å². The number of rotatable bonds is 7. The fraction of sp³-hybridized carbons (Fsp3) is 0.318. The number of nitrogens with one attached hydrogen (secondary N) is 2. The highest BCUT2D eigenvalue weighted by Gasteiger charge is 2.10. The van der Waals surface area contributed by atoms with Crippen LogP contribution in [0.2, 0.25) is 0 Å². The standard InChI is InChI=1S/C22H26N4O2S/c1-5-14(2)24-21(28)18-8-6-17(7-9-18)12-23-20(27)11-10-19-16(4)25-22-26(19)13-15(3)29-22/h6-11,13-14H,5,12H2,1-4H3,(H,23,27)(H,24,28). The van der Waals surface area contributed by atoms with Crippen LogP contribution in [0.4, 0.5) is 0 Å². The van der Waals surface area contributed by atoms with Gasteiger partial charge in [-0.1, -0.05) is 19.1 Å². The molecule has 6 nitrogen and oxygen atoms in total. The lowest BCUT2D eigenvalue weighted by molar-refractivity contribution is -0.116. The van der Waals surface area contributed by atoms with E-state index in [1.54, 1.807) is 29.5 Å². The Balaban J connectivity index is 1.57. The van der Waals surface area contributed by atoms with Gasteiger partial charge in [0.05, 0.1) is 11.4 Å². The number of amides is 2. The molecule has 1 unspecified atom stereocenters. The van der Waals surface area contributed by atoms with Crippen molar-refractivity contribution in [2.75, 3.05) is 0 Å². The summed E-state index contributed by atoms with van der Waals surface area (Å²) in [7, 11) is 0. The molecule has 0 spiro atoms. The number of thiazole rings is 1. The number of carbonyl (C=O) groups is 2. The summed E-state index contributed by atoms with van der Waals surface area (Å²) in [4.78, 5) is 30.9. The van der Waals surface area contributed by atoms with E-state index in [2.05, 4.69) is 15.6 Å². The molecule has 2 N–H and O–H groups in total. The van der Waals surface area contributed by atoms with E-state index in [1.165, 1.54) is 11.0 Å². The minimum absolute atomic E-state index is 0.0796. The van der Waals surface area contributed by atoms with Crippen LogP contribution < -0.4 is 10.6 Å². The molecule has 0 saturated heterocycles. The summed E-state index contributed by atoms with van der Waals surface area (Å²) >= 11 is 1.63. The maximum atomic E-state index is 12.2. The second-order valence-electron chi connectivity index (χ2n) is 7.11. The smallest absolute Gasteiger partial charge is 0.251 e. The van der Waals surface area contributed by atoms with Gasteiger partial charge in [0.1, 0.15) is 0 Å². The van der Waals surface area contributed by atoms with Crippen molar-refractivity contribution in [2.24, 2.45) is 0 Å². The van der Waals surface area contributed by atoms with Crippen molar-refractivity contribution in [2.45, 2.75) is 46.7 Å². The molecule has 1 atom stereocenters. The van der Waals surface area contributed by atoms with Gasteiger partial charge in [0, 0.05) is 35.3 Å². The Bertz CT molecular complexity index is 1050. The van der Waals surface area contributed by atoms with Gasteiger partial charge in [-0.3, -0.25) is 14.0 Å². The maximum absolute atomic E-state index is 12.2. The minimum atomic E-state index is -0.176. The van der Waals surface area contributed by atoms with Crippen LogP contribution >= 0.6 is 11.3 Å². The summed E-state index contributed by atoms with van der Waals surface area (Å²) < 4.78 is 2.00. The Hall–Kier alpha value is -2.93. The van der Waals surface area contributed by atoms with Crippen LogP contribution in [0.25, 0.3) is 11.0 Å². The SMILES string of the molecule is CCC(C)NC(=O)c1ccc(CNC(=O)C=Cc2c(C)nc3sc(C)cn23)cc1. The summed E-state index contributed by atoms with van der Waals surface area (Å²) in [5, 5.41) is 5.81. The van der Waals surface area contributed by atoms with Gasteiger partial charge in [0.15, 0.2) is 4.96 Å². The van der Waals surface area contributed by atoms with Crippen LogP contribution in [0, 0.1) is 13.8 Å². The summed E-state index contributed by atoms with van der Waals surface area (Å²) in [6, 6.07) is 7.41. The highest BCUT2D eigenvalue weighted by atomic mass is 32.1. The molecule has 0 fully saturated rings. The van der Waals surface area contributed by atoms with E-state index in [-0.39, 0.29) is 17.9 Å². The van der Waals surface area contributed by atoms with Gasteiger partial charge in [-0.2, -0.15) is 0 Å². The van der Waals surface area contributed by atoms with Gasteiger partial charge in [0.25, 0.3) is 5.91 Å². The highest BCUT2D eigenvalue weighted by molar-refractivity contribution is 7.17. The van der Waals surface area contributed by atoms with Crippen molar-refractivity contribution >= 4 is 34.2 Å². The molecule has 29 heavy (non-hydrogen) atoms. The second kappa shape index (κ2) is 9.05. The predicted molar refractivity (Wildman–Crippen MR) is 117 cm³/mol. The fourth-order valence-corrected chi connectivity index (χ4v) is 3.75. The zero-order chi connectivity index (χ0) is 21.0. The van der Waals surface area contributed by atoms with Crippen LogP contribution in [0.3, 0.4) is 0 Å². The summed E-state index contributed by atoms with van der Waals surface area (Å²) in [6.45, 7) is 8.38. The molecule has 0 aliphatic carbocycles. The average molecular weight is 411 g/mol. The van der Waals surface area contributed by atoms with Crippen LogP contribution in [-0.2, 0) is 11.3 Å². The van der Waals surface area contributed by atoms with Gasteiger partial charge in [-0.25, -0.2) is 4.98 Å². The first-order valence-corrected chi connectivity index (χ1v) is 10.5. The number of aromatic nitrogens is 2. The summed E-state index contributed by atoms with van der Waals surface area (Å²) in [5.74, 6) is -0.256. The quantitative estimate of drug-likeness (QED) is 0.581. The Morgan fingerprint density at radius 2 is 1.97 bits per heavy atom. The number of carbonyl (C=O) groups excluding carboxylic acids is 2. The van der Waals surface area contributed by atoms with Gasteiger partial charge in [0.2, 0.25) is 5.91 Å². The third-order valence-corrected chi connectivity index (χ3v) is 5.63. The molecule has 152 valence electrons. The number of aryl methyl sites for hydroxylation is 2. The van der Waals surface area contributed by atoms with Crippen molar-refractivity contribution in [3.63, 3.8) is 0 Å². The molecule has 7 heteroatoms. The monoisotopic (exact) mass is 410 g/mol. The summed E-state index contributed by atoms with van der Waals surface area (Å²) in [6.07, 6.45) is 6.23. The molecule has 3 aromatic rings. The lowest BCUT2D eigenvalue weighted by atomic mass is 10.1. The van der Waals surface area contributed by atoms with E-state index in [0.717, 1.165) is 28.3 Å². The fourth-order valence-electron chi connectivity index (χ4n) is 2.87. The van der Waals surface area contributed by atoms with E-state index in [9.17, 15) is 9.59 Å². The third-order valence-electron chi connectivity index (χ3n) is 4.73. The number of fused-ring (bicyclic) bond motifs is 1. The molecule has 2 aromatic heterocycles. The second-order valence-corrected chi connectivity index (χ2v) is 8.32. The van der Waals surface area contributed by atoms with Crippen LogP contribution in [-0.4, -0.2) is 27.2 Å². The van der Waals surface area contributed by atoms with E-state index < -0.39 is 0 Å². The van der Waals surface area contributed by atoms with Crippen LogP contribution in [0.15, 0.2) is 36.5 Å². The Labute approximate surface area is 174 Å². The number of hydrogen-bond acceptors (Lipinski definition) is 4. The lowest BCUT2D eigenvalue weighted by Gasteiger charge is -2.11. The molecular weight excluding hydrogens is 384 g/mol. The Morgan fingerprint density at radius 1 is 1.24 bits per heavy atom. The Kier molecular flexibility index (Phi) is 6.49. The normalized spacial score (nSPS) is 12.4. The van der Waals surface area contributed by atoms with Crippen molar-refractivity contribution in [1.82, 2.24) is 20.0 Å². The highest BCUT2D eigenvalue weighted by Crippen LogP contribution is 2.21. The first-order valence-electron chi connectivity index (χ1n) is 9.68. The first-order chi connectivity index (χ1) is 13.9. The zero-order valence-corrected chi connectivity index (χ0v) is 18.0. The van der Waals surface area contributed by atoms with E-state index in [0.29, 0.717) is 12.1 Å². The van der Waals surface area contributed by atoms with Gasteiger partial charge < -0.3 is 10.6 Å². The van der Waals surface area contributed by atoms with Crippen molar-refractivity contribution in [1.29, 1.82) is 0 Å². The molecular formula is C22H26N4O2S. The number of hydrogen-bond donors (Lipinski definition) is 2. The molecule has 2 amide bonds. The average Bonchev–Trinajstić information content (AvgIpc) is 3.19. The molecule has 0 aliphatic heterocycles. The molecule has 1 aromatic carbocycles. The van der Waals surface area contributed by atoms with Gasteiger partial charge in [-0.05, 0) is 51.0 Å². The topological polar surface area (TPSA) is 75.5 Å². The molecule has 3 rings (SSSR count). The molecule has 0 radical (unpaired) electrons. The first kappa shape index (κ1) is 20.8. The third kappa shape index (κ3) is 5.12. The predicted octanol–water partition coefficient (Wildman–Crippen LogP) is 3.87. The van der Waals surface area contributed by atoms with E-state index >= 15 is 0 Å². The lowest BCUT2D eigenvalue weighted by Crippen LogP contribution is -2.31. The van der Waals surface area contributed by atoms with Crippen molar-refractivity contribution in [3.8, 4) is 0 Å². The maximum Gasteiger partial charge on any atom is 0.251 e. The minimum Gasteiger partial charge on any atom is -0.350 e. The molecule has 0 saturated carbocycles. The van der Waals surface area contributed by atoms with Crippen molar-refractivity contribution in [3.05, 3.63) is 63.9 Å². The molecule has 0 aliphatic rings. The molecule has 2 heterocycles. The van der Waals surface area contributed by atoms with Gasteiger partial charge in [-0.15, -0.1) is 11.3 Å². The van der Waals surface area contributed by atoms with Gasteiger partial charge >= 0.3 is 0 Å².